The Morgan fingerprint density at radius 2 is 1.38 bits per heavy atom. The predicted molar refractivity (Wildman–Crippen MR) is 116 cm³/mol. The molecule has 0 amide bonds. The maximum Gasteiger partial charge on any atom is 0.0970 e. The molecule has 3 aliphatic rings. The van der Waals surface area contributed by atoms with E-state index in [1.54, 1.807) is 0 Å². The van der Waals surface area contributed by atoms with Gasteiger partial charge in [0, 0.05) is 5.56 Å². The van der Waals surface area contributed by atoms with Crippen LogP contribution in [0.15, 0.2) is 65.8 Å². The molecular weight excluding hydrogens is 356 g/mol. The van der Waals surface area contributed by atoms with E-state index in [-0.39, 0.29) is 5.41 Å². The van der Waals surface area contributed by atoms with E-state index in [0.717, 1.165) is 22.8 Å². The van der Waals surface area contributed by atoms with Crippen molar-refractivity contribution in [3.05, 3.63) is 88.8 Å². The predicted octanol–water partition coefficient (Wildman–Crippen LogP) is 4.93. The number of fused-ring (bicyclic) bond motifs is 10. The summed E-state index contributed by atoms with van der Waals surface area (Å²) in [5.41, 5.74) is 9.67. The largest absolute Gasteiger partial charge is 0.252 e. The van der Waals surface area contributed by atoms with Crippen molar-refractivity contribution in [2.45, 2.75) is 38.6 Å². The number of aromatic nitrogens is 2. The van der Waals surface area contributed by atoms with Crippen LogP contribution in [-0.4, -0.2) is 21.4 Å². The Hall–Kier alpha value is -3.27. The lowest BCUT2D eigenvalue weighted by Crippen LogP contribution is -2.54. The Balaban J connectivity index is 1.87. The summed E-state index contributed by atoms with van der Waals surface area (Å²) in [6, 6.07) is 17.6. The number of benzene rings is 2. The second-order valence-corrected chi connectivity index (χ2v) is 8.47. The lowest BCUT2D eigenvalue weighted by atomic mass is 9.62. The van der Waals surface area contributed by atoms with Crippen LogP contribution in [0, 0.1) is 13.8 Å². The van der Waals surface area contributed by atoms with Crippen molar-refractivity contribution in [1.82, 2.24) is 10.2 Å². The van der Waals surface area contributed by atoms with E-state index in [1.165, 1.54) is 27.8 Å². The number of hydrazone groups is 1. The van der Waals surface area contributed by atoms with Crippen LogP contribution in [0.4, 0.5) is 5.69 Å². The number of allylic oxidation sites excluding steroid dienone is 1. The van der Waals surface area contributed by atoms with E-state index >= 15 is 0 Å². The van der Waals surface area contributed by atoms with Crippen LogP contribution in [0.1, 0.15) is 41.9 Å². The highest BCUT2D eigenvalue weighted by molar-refractivity contribution is 5.98. The topological polar surface area (TPSA) is 41.4 Å². The average molecular weight is 378 g/mol. The number of nitrogens with zero attached hydrogens (tertiary/aromatic N) is 4. The number of rotatable bonds is 0. The first-order valence-corrected chi connectivity index (χ1v) is 10.1. The zero-order chi connectivity index (χ0) is 20.0. The zero-order valence-corrected chi connectivity index (χ0v) is 17.1. The summed E-state index contributed by atoms with van der Waals surface area (Å²) in [5.74, 6) is 0. The minimum absolute atomic E-state index is 0.388. The second-order valence-electron chi connectivity index (χ2n) is 8.47. The van der Waals surface area contributed by atoms with Gasteiger partial charge in [0.25, 0.3) is 0 Å². The van der Waals surface area contributed by atoms with Crippen LogP contribution in [0.3, 0.4) is 0 Å². The van der Waals surface area contributed by atoms with Gasteiger partial charge < -0.3 is 0 Å². The Kier molecular flexibility index (Phi) is 2.99. The summed E-state index contributed by atoms with van der Waals surface area (Å²) in [6.07, 6.45) is 4.48. The molecule has 3 heterocycles. The van der Waals surface area contributed by atoms with E-state index < -0.39 is 5.54 Å². The molecule has 0 radical (unpaired) electrons. The molecule has 1 spiro atoms. The Morgan fingerprint density at radius 1 is 0.793 bits per heavy atom. The van der Waals surface area contributed by atoms with Gasteiger partial charge in [0.05, 0.1) is 33.7 Å². The zero-order valence-electron chi connectivity index (χ0n) is 17.1. The van der Waals surface area contributed by atoms with Crippen molar-refractivity contribution in [2.24, 2.45) is 5.10 Å². The van der Waals surface area contributed by atoms with Gasteiger partial charge in [0.1, 0.15) is 0 Å². The fraction of sp³-hybridized carbons (Fsp3) is 0.240. The van der Waals surface area contributed by atoms with Crippen LogP contribution >= 0.6 is 0 Å². The van der Waals surface area contributed by atoms with Crippen molar-refractivity contribution in [3.63, 3.8) is 0 Å². The fourth-order valence-corrected chi connectivity index (χ4v) is 5.83. The van der Waals surface area contributed by atoms with Crippen LogP contribution in [-0.2, 0) is 5.41 Å². The van der Waals surface area contributed by atoms with Crippen molar-refractivity contribution >= 4 is 11.4 Å². The molecule has 0 saturated carbocycles. The summed E-state index contributed by atoms with van der Waals surface area (Å²) < 4.78 is 0. The maximum absolute atomic E-state index is 5.02. The van der Waals surface area contributed by atoms with E-state index in [2.05, 4.69) is 89.7 Å². The fourth-order valence-electron chi connectivity index (χ4n) is 5.83. The summed E-state index contributed by atoms with van der Waals surface area (Å²) in [5, 5.41) is 16.3. The van der Waals surface area contributed by atoms with Crippen LogP contribution in [0.25, 0.3) is 11.1 Å². The number of hydrogen-bond donors (Lipinski definition) is 0. The van der Waals surface area contributed by atoms with Gasteiger partial charge in [-0.1, -0.05) is 54.6 Å². The minimum Gasteiger partial charge on any atom is -0.252 e. The van der Waals surface area contributed by atoms with Gasteiger partial charge in [-0.3, -0.25) is 5.01 Å². The first-order chi connectivity index (χ1) is 14.0. The highest BCUT2D eigenvalue weighted by Crippen LogP contribution is 2.66. The van der Waals surface area contributed by atoms with Crippen LogP contribution in [0.2, 0.25) is 0 Å². The summed E-state index contributed by atoms with van der Waals surface area (Å²) in [6.45, 7) is 8.48. The Labute approximate surface area is 170 Å². The average Bonchev–Trinajstić information content (AvgIpc) is 3.16. The molecule has 1 aromatic heterocycles. The summed E-state index contributed by atoms with van der Waals surface area (Å²) in [7, 11) is 0. The monoisotopic (exact) mass is 378 g/mol. The molecule has 29 heavy (non-hydrogen) atoms. The first-order valence-electron chi connectivity index (χ1n) is 10.1. The number of hydrogen-bond acceptors (Lipinski definition) is 4. The third-order valence-electron chi connectivity index (χ3n) is 6.94. The lowest BCUT2D eigenvalue weighted by molar-refractivity contribution is 0.410. The van der Waals surface area contributed by atoms with Gasteiger partial charge in [-0.15, -0.1) is 0 Å². The van der Waals surface area contributed by atoms with E-state index in [9.17, 15) is 0 Å². The van der Waals surface area contributed by atoms with E-state index in [4.69, 9.17) is 5.10 Å². The van der Waals surface area contributed by atoms with Crippen LogP contribution < -0.4 is 5.01 Å². The van der Waals surface area contributed by atoms with Gasteiger partial charge in [-0.25, -0.2) is 0 Å². The molecule has 6 rings (SSSR count). The van der Waals surface area contributed by atoms with Gasteiger partial charge in [0.2, 0.25) is 0 Å². The van der Waals surface area contributed by atoms with Gasteiger partial charge in [0.15, 0.2) is 0 Å². The normalized spacial score (nSPS) is 22.2. The van der Waals surface area contributed by atoms with Gasteiger partial charge in [-0.2, -0.15) is 15.3 Å². The van der Waals surface area contributed by atoms with Gasteiger partial charge >= 0.3 is 0 Å². The maximum atomic E-state index is 5.02. The molecule has 4 nitrogen and oxygen atoms in total. The van der Waals surface area contributed by atoms with E-state index in [1.807, 2.05) is 13.8 Å². The molecule has 2 aromatic carbocycles. The molecule has 3 aromatic rings. The highest BCUT2D eigenvalue weighted by Gasteiger charge is 2.65. The van der Waals surface area contributed by atoms with Gasteiger partial charge in [-0.05, 0) is 56.0 Å². The third-order valence-corrected chi connectivity index (χ3v) is 6.94. The summed E-state index contributed by atoms with van der Waals surface area (Å²) >= 11 is 0. The number of aryl methyl sites for hydroxylation is 2. The molecular formula is C25H22N4. The minimum atomic E-state index is -0.391. The number of anilines is 1. The lowest BCUT2D eigenvalue weighted by Gasteiger charge is -2.45. The molecule has 4 heteroatoms. The standard InChI is InChI=1S/C25H22N4/c1-15-13-14-24(4)25(22-16(2)26-27-17(3)23(22)29(24)28-15)20-11-7-5-9-18(20)19-10-6-8-12-21(19)25/h5-14H,1-4H3. The molecule has 1 aliphatic carbocycles. The Morgan fingerprint density at radius 3 is 2.03 bits per heavy atom. The molecule has 0 bridgehead atoms. The molecule has 142 valence electrons. The smallest absolute Gasteiger partial charge is 0.0970 e. The van der Waals surface area contributed by atoms with Crippen LogP contribution in [0.5, 0.6) is 0 Å². The van der Waals surface area contributed by atoms with Crippen molar-refractivity contribution in [2.75, 3.05) is 5.01 Å². The molecule has 1 unspecified atom stereocenters. The van der Waals surface area contributed by atoms with Crippen molar-refractivity contribution in [3.8, 4) is 11.1 Å². The van der Waals surface area contributed by atoms with Crippen molar-refractivity contribution < 1.29 is 0 Å². The SMILES string of the molecule is CC1=NN2c3c(C)nnc(C)c3C3(c4ccccc4-c4ccccc43)C2(C)C=C1. The quantitative estimate of drug-likeness (QED) is 0.557. The molecule has 2 aliphatic heterocycles. The molecule has 0 N–H and O–H groups in total. The summed E-state index contributed by atoms with van der Waals surface area (Å²) in [4.78, 5) is 0. The second kappa shape index (κ2) is 5.20. The van der Waals surface area contributed by atoms with E-state index in [0.29, 0.717) is 0 Å². The molecule has 1 atom stereocenters. The first kappa shape index (κ1) is 16.7. The molecule has 0 fully saturated rings. The third kappa shape index (κ3) is 1.70. The van der Waals surface area contributed by atoms with Crippen molar-refractivity contribution in [1.29, 1.82) is 0 Å². The highest BCUT2D eigenvalue weighted by atomic mass is 15.5. The Bertz CT molecular complexity index is 1220. The molecule has 0 saturated heterocycles.